The van der Waals surface area contributed by atoms with E-state index in [0.717, 1.165) is 0 Å². The first kappa shape index (κ1) is 17.3. The van der Waals surface area contributed by atoms with Gasteiger partial charge in [-0.15, -0.1) is 0 Å². The summed E-state index contributed by atoms with van der Waals surface area (Å²) in [7, 11) is 0. The molecule has 5 heteroatoms. The van der Waals surface area contributed by atoms with E-state index < -0.39 is 0 Å². The molecule has 0 heterocycles. The molecule has 0 aromatic heterocycles. The van der Waals surface area contributed by atoms with Crippen molar-refractivity contribution in [2.45, 2.75) is 6.92 Å². The van der Waals surface area contributed by atoms with Gasteiger partial charge in [0, 0.05) is 17.8 Å². The fourth-order valence-corrected chi connectivity index (χ4v) is 1.26. The van der Waals surface area contributed by atoms with E-state index in [0.29, 0.717) is 18.0 Å². The third-order valence-corrected chi connectivity index (χ3v) is 2.00. The Balaban J connectivity index is 0.000000327. The van der Waals surface area contributed by atoms with Gasteiger partial charge in [-0.2, -0.15) is 0 Å². The maximum absolute atomic E-state index is 8.96. The largest absolute Gasteiger partial charge is 0.508 e. The number of nitrogen functional groups attached to an aromatic ring is 1. The monoisotopic (exact) mass is 277 g/mol. The van der Waals surface area contributed by atoms with Crippen molar-refractivity contribution in [3.63, 3.8) is 0 Å². The molecule has 20 heavy (non-hydrogen) atoms. The fourth-order valence-electron chi connectivity index (χ4n) is 1.26. The van der Waals surface area contributed by atoms with Crippen molar-refractivity contribution >= 4 is 12.5 Å². The molecule has 0 atom stereocenters. The predicted molar refractivity (Wildman–Crippen MR) is 78.9 cm³/mol. The molecule has 2 rings (SSSR count). The molecule has 0 unspecified atom stereocenters. The van der Waals surface area contributed by atoms with Gasteiger partial charge in [0.1, 0.15) is 24.0 Å². The van der Waals surface area contributed by atoms with Crippen LogP contribution in [-0.2, 0) is 4.79 Å². The van der Waals surface area contributed by atoms with Crippen LogP contribution in [-0.4, -0.2) is 23.6 Å². The van der Waals surface area contributed by atoms with Gasteiger partial charge in [-0.1, -0.05) is 12.1 Å². The van der Waals surface area contributed by atoms with E-state index in [1.165, 1.54) is 6.07 Å². The molecular weight excluding hydrogens is 258 g/mol. The zero-order valence-electron chi connectivity index (χ0n) is 11.3. The molecule has 0 spiro atoms. The van der Waals surface area contributed by atoms with E-state index in [1.807, 2.05) is 19.8 Å². The molecule has 2 aromatic rings. The SMILES string of the molecule is C=O.CCOc1cccc(O)c1.Nc1cccc(O)c1. The van der Waals surface area contributed by atoms with E-state index >= 15 is 0 Å². The Kier molecular flexibility index (Phi) is 8.87. The number of aromatic hydroxyl groups is 2. The summed E-state index contributed by atoms with van der Waals surface area (Å²) < 4.78 is 5.13. The lowest BCUT2D eigenvalue weighted by Crippen LogP contribution is -1.89. The number of phenolic OH excluding ortho intramolecular Hbond substituents is 2. The number of carbonyl (C=O) groups is 1. The van der Waals surface area contributed by atoms with Gasteiger partial charge in [0.15, 0.2) is 0 Å². The van der Waals surface area contributed by atoms with Crippen LogP contribution in [0.3, 0.4) is 0 Å². The second kappa shape index (κ2) is 10.3. The summed E-state index contributed by atoms with van der Waals surface area (Å²) >= 11 is 0. The summed E-state index contributed by atoms with van der Waals surface area (Å²) in [5.41, 5.74) is 5.89. The van der Waals surface area contributed by atoms with Crippen molar-refractivity contribution < 1.29 is 19.7 Å². The lowest BCUT2D eigenvalue weighted by molar-refractivity contribution is -0.0979. The highest BCUT2D eigenvalue weighted by molar-refractivity contribution is 5.42. The minimum Gasteiger partial charge on any atom is -0.508 e. The lowest BCUT2D eigenvalue weighted by atomic mass is 10.3. The number of ether oxygens (including phenoxy) is 1. The van der Waals surface area contributed by atoms with E-state index in [-0.39, 0.29) is 11.5 Å². The Hall–Kier alpha value is -2.69. The third kappa shape index (κ3) is 7.60. The van der Waals surface area contributed by atoms with Crippen LogP contribution in [0.5, 0.6) is 17.2 Å². The Labute approximate surface area is 118 Å². The molecular formula is C15H19NO4. The number of hydrogen-bond donors (Lipinski definition) is 3. The number of carbonyl (C=O) groups excluding carboxylic acids is 1. The van der Waals surface area contributed by atoms with Crippen molar-refractivity contribution in [1.29, 1.82) is 0 Å². The summed E-state index contributed by atoms with van der Waals surface area (Å²) in [6.45, 7) is 4.54. The zero-order valence-corrected chi connectivity index (χ0v) is 11.3. The molecule has 108 valence electrons. The van der Waals surface area contributed by atoms with Gasteiger partial charge in [0.05, 0.1) is 6.61 Å². The van der Waals surface area contributed by atoms with E-state index in [4.69, 9.17) is 25.5 Å². The van der Waals surface area contributed by atoms with Crippen molar-refractivity contribution in [2.75, 3.05) is 12.3 Å². The average molecular weight is 277 g/mol. The second-order valence-corrected chi connectivity index (χ2v) is 3.53. The van der Waals surface area contributed by atoms with Gasteiger partial charge in [-0.3, -0.25) is 0 Å². The Bertz CT molecular complexity index is 485. The standard InChI is InChI=1S/C8H10O2.C6H7NO.CH2O/c1-2-10-8-5-3-4-7(9)6-8;7-5-2-1-3-6(8)4-5;1-2/h3-6,9H,2H2,1H3;1-4,8H,7H2;1H2. The summed E-state index contributed by atoms with van der Waals surface area (Å²) in [6, 6.07) is 13.3. The van der Waals surface area contributed by atoms with Gasteiger partial charge in [0.2, 0.25) is 0 Å². The first-order valence-electron chi connectivity index (χ1n) is 5.87. The average Bonchev–Trinajstić information content (AvgIpc) is 2.42. The molecule has 0 amide bonds. The summed E-state index contributed by atoms with van der Waals surface area (Å²) in [6.07, 6.45) is 0. The maximum Gasteiger partial charge on any atom is 0.122 e. The number of nitrogens with two attached hydrogens (primary N) is 1. The Morgan fingerprint density at radius 3 is 2.00 bits per heavy atom. The number of phenols is 2. The molecule has 0 fully saturated rings. The van der Waals surface area contributed by atoms with Gasteiger partial charge >= 0.3 is 0 Å². The van der Waals surface area contributed by atoms with E-state index in [9.17, 15) is 0 Å². The minimum absolute atomic E-state index is 0.213. The topological polar surface area (TPSA) is 92.8 Å². The quantitative estimate of drug-likeness (QED) is 0.734. The molecule has 0 saturated carbocycles. The first-order chi connectivity index (χ1) is 9.61. The molecule has 0 radical (unpaired) electrons. The molecule has 0 bridgehead atoms. The number of rotatable bonds is 2. The van der Waals surface area contributed by atoms with Crippen molar-refractivity contribution in [3.8, 4) is 17.2 Å². The van der Waals surface area contributed by atoms with E-state index in [2.05, 4.69) is 0 Å². The van der Waals surface area contributed by atoms with Crippen LogP contribution in [0.2, 0.25) is 0 Å². The highest BCUT2D eigenvalue weighted by Gasteiger charge is 1.91. The zero-order chi connectivity index (χ0) is 15.4. The summed E-state index contributed by atoms with van der Waals surface area (Å²) in [5.74, 6) is 1.17. The lowest BCUT2D eigenvalue weighted by Gasteiger charge is -2.01. The second-order valence-electron chi connectivity index (χ2n) is 3.53. The molecule has 2 aromatic carbocycles. The van der Waals surface area contributed by atoms with Gasteiger partial charge in [-0.05, 0) is 31.2 Å². The van der Waals surface area contributed by atoms with E-state index in [1.54, 1.807) is 36.4 Å². The van der Waals surface area contributed by atoms with Crippen LogP contribution < -0.4 is 10.5 Å². The molecule has 0 aliphatic carbocycles. The molecule has 0 aliphatic rings. The smallest absolute Gasteiger partial charge is 0.122 e. The molecule has 0 saturated heterocycles. The molecule has 5 nitrogen and oxygen atoms in total. The van der Waals surface area contributed by atoms with Gasteiger partial charge < -0.3 is 25.5 Å². The first-order valence-corrected chi connectivity index (χ1v) is 5.87. The minimum atomic E-state index is 0.213. The molecule has 0 aliphatic heterocycles. The summed E-state index contributed by atoms with van der Waals surface area (Å²) in [4.78, 5) is 8.00. The Morgan fingerprint density at radius 2 is 1.60 bits per heavy atom. The van der Waals surface area contributed by atoms with Crippen LogP contribution in [0, 0.1) is 0 Å². The van der Waals surface area contributed by atoms with Crippen molar-refractivity contribution in [1.82, 2.24) is 0 Å². The maximum atomic E-state index is 8.96. The van der Waals surface area contributed by atoms with Crippen molar-refractivity contribution in [3.05, 3.63) is 48.5 Å². The van der Waals surface area contributed by atoms with Crippen LogP contribution in [0.4, 0.5) is 5.69 Å². The van der Waals surface area contributed by atoms with Crippen LogP contribution in [0.1, 0.15) is 6.92 Å². The number of anilines is 1. The molecule has 4 N–H and O–H groups in total. The summed E-state index contributed by atoms with van der Waals surface area (Å²) in [5, 5.41) is 17.7. The predicted octanol–water partition coefficient (Wildman–Crippen LogP) is 2.58. The highest BCUT2D eigenvalue weighted by Crippen LogP contribution is 2.17. The van der Waals surface area contributed by atoms with Crippen LogP contribution >= 0.6 is 0 Å². The normalized spacial score (nSPS) is 8.45. The fraction of sp³-hybridized carbons (Fsp3) is 0.133. The van der Waals surface area contributed by atoms with Crippen LogP contribution in [0.15, 0.2) is 48.5 Å². The third-order valence-electron chi connectivity index (χ3n) is 2.00. The van der Waals surface area contributed by atoms with Crippen molar-refractivity contribution in [2.24, 2.45) is 0 Å². The number of hydrogen-bond acceptors (Lipinski definition) is 5. The van der Waals surface area contributed by atoms with Crippen LogP contribution in [0.25, 0.3) is 0 Å². The van der Waals surface area contributed by atoms with Gasteiger partial charge in [0.25, 0.3) is 0 Å². The Morgan fingerprint density at radius 1 is 1.05 bits per heavy atom. The highest BCUT2D eigenvalue weighted by atomic mass is 16.5. The number of benzene rings is 2. The van der Waals surface area contributed by atoms with Gasteiger partial charge in [-0.25, -0.2) is 0 Å².